The van der Waals surface area contributed by atoms with Crippen molar-refractivity contribution in [3.63, 3.8) is 0 Å². The van der Waals surface area contributed by atoms with Crippen LogP contribution in [0.2, 0.25) is 0 Å². The Balaban J connectivity index is 2.16. The fourth-order valence-electron chi connectivity index (χ4n) is 2.45. The van der Waals surface area contributed by atoms with E-state index in [0.29, 0.717) is 5.56 Å². The Labute approximate surface area is 121 Å². The molecule has 3 aromatic rings. The molecule has 1 aromatic heterocycles. The van der Waals surface area contributed by atoms with E-state index in [2.05, 4.69) is 11.5 Å². The van der Waals surface area contributed by atoms with Crippen molar-refractivity contribution in [1.29, 1.82) is 0 Å². The summed E-state index contributed by atoms with van der Waals surface area (Å²) < 4.78 is 15.3. The first-order chi connectivity index (χ1) is 9.70. The molecule has 0 amide bonds. The van der Waals surface area contributed by atoms with Crippen LogP contribution in [0.3, 0.4) is 0 Å². The molecule has 0 bridgehead atoms. The highest BCUT2D eigenvalue weighted by molar-refractivity contribution is 7.17. The lowest BCUT2D eigenvalue weighted by Gasteiger charge is -2.17. The number of nitrogens with one attached hydrogen (secondary N) is 1. The van der Waals surface area contributed by atoms with E-state index in [0.717, 1.165) is 16.5 Å². The predicted molar refractivity (Wildman–Crippen MR) is 82.1 cm³/mol. The molecule has 3 rings (SSSR count). The quantitative estimate of drug-likeness (QED) is 0.566. The van der Waals surface area contributed by atoms with Crippen molar-refractivity contribution >= 4 is 21.4 Å². The molecular weight excluding hydrogens is 271 g/mol. The molecule has 0 saturated heterocycles. The molecule has 1 unspecified atom stereocenters. The van der Waals surface area contributed by atoms with E-state index >= 15 is 0 Å². The van der Waals surface area contributed by atoms with Gasteiger partial charge in [-0.05, 0) is 35.4 Å². The summed E-state index contributed by atoms with van der Waals surface area (Å²) >= 11 is 1.64. The number of hydrazine groups is 1. The van der Waals surface area contributed by atoms with Crippen molar-refractivity contribution in [2.45, 2.75) is 13.0 Å². The van der Waals surface area contributed by atoms with Crippen LogP contribution in [0.5, 0.6) is 0 Å². The van der Waals surface area contributed by atoms with Gasteiger partial charge in [-0.15, -0.1) is 11.3 Å². The van der Waals surface area contributed by atoms with Crippen LogP contribution in [0.4, 0.5) is 4.39 Å². The Kier molecular flexibility index (Phi) is 3.53. The van der Waals surface area contributed by atoms with E-state index in [-0.39, 0.29) is 11.9 Å². The third-order valence-corrected chi connectivity index (χ3v) is 4.43. The van der Waals surface area contributed by atoms with Gasteiger partial charge < -0.3 is 0 Å². The van der Waals surface area contributed by atoms with Gasteiger partial charge in [-0.1, -0.05) is 35.9 Å². The molecule has 3 N–H and O–H groups in total. The van der Waals surface area contributed by atoms with Crippen LogP contribution in [0.1, 0.15) is 22.7 Å². The number of hydrogen-bond donors (Lipinski definition) is 2. The molecule has 0 aliphatic rings. The van der Waals surface area contributed by atoms with Gasteiger partial charge in [-0.2, -0.15) is 0 Å². The predicted octanol–water partition coefficient (Wildman–Crippen LogP) is 3.90. The van der Waals surface area contributed by atoms with Crippen molar-refractivity contribution in [3.05, 3.63) is 70.4 Å². The first-order valence-electron chi connectivity index (χ1n) is 6.39. The highest BCUT2D eigenvalue weighted by Crippen LogP contribution is 2.34. The summed E-state index contributed by atoms with van der Waals surface area (Å²) in [5, 5.41) is 3.15. The molecule has 102 valence electrons. The minimum Gasteiger partial charge on any atom is -0.271 e. The fraction of sp³-hybridized carbons (Fsp3) is 0.125. The summed E-state index contributed by atoms with van der Waals surface area (Å²) in [6, 6.07) is 12.8. The minimum absolute atomic E-state index is 0.242. The van der Waals surface area contributed by atoms with Gasteiger partial charge in [0, 0.05) is 10.3 Å². The van der Waals surface area contributed by atoms with Crippen LogP contribution >= 0.6 is 11.3 Å². The fourth-order valence-corrected chi connectivity index (χ4v) is 3.44. The molecule has 0 saturated carbocycles. The Morgan fingerprint density at radius 3 is 2.75 bits per heavy atom. The van der Waals surface area contributed by atoms with E-state index < -0.39 is 0 Å². The first-order valence-corrected chi connectivity index (χ1v) is 7.27. The average molecular weight is 286 g/mol. The van der Waals surface area contributed by atoms with Crippen LogP contribution < -0.4 is 11.3 Å². The summed E-state index contributed by atoms with van der Waals surface area (Å²) in [5.74, 6) is 5.45. The van der Waals surface area contributed by atoms with Crippen LogP contribution in [-0.2, 0) is 0 Å². The Hall–Kier alpha value is -1.75. The van der Waals surface area contributed by atoms with Gasteiger partial charge in [-0.3, -0.25) is 5.84 Å². The maximum absolute atomic E-state index is 14.1. The lowest BCUT2D eigenvalue weighted by Crippen LogP contribution is -2.29. The zero-order chi connectivity index (χ0) is 14.1. The second kappa shape index (κ2) is 5.32. The first kappa shape index (κ1) is 13.2. The lowest BCUT2D eigenvalue weighted by molar-refractivity contribution is 0.562. The van der Waals surface area contributed by atoms with Crippen molar-refractivity contribution < 1.29 is 4.39 Å². The number of fused-ring (bicyclic) bond motifs is 1. The largest absolute Gasteiger partial charge is 0.271 e. The molecule has 0 spiro atoms. The number of benzene rings is 2. The van der Waals surface area contributed by atoms with Gasteiger partial charge in [0.2, 0.25) is 0 Å². The van der Waals surface area contributed by atoms with Crippen molar-refractivity contribution in [3.8, 4) is 0 Å². The van der Waals surface area contributed by atoms with Gasteiger partial charge in [-0.25, -0.2) is 9.82 Å². The summed E-state index contributed by atoms with van der Waals surface area (Å²) in [7, 11) is 0. The van der Waals surface area contributed by atoms with Crippen molar-refractivity contribution in [2.24, 2.45) is 5.84 Å². The number of thiophene rings is 1. The summed E-state index contributed by atoms with van der Waals surface area (Å²) in [5.41, 5.74) is 5.35. The van der Waals surface area contributed by atoms with E-state index in [1.54, 1.807) is 17.4 Å². The minimum atomic E-state index is -0.342. The zero-order valence-electron chi connectivity index (χ0n) is 11.1. The smallest absolute Gasteiger partial charge is 0.128 e. The van der Waals surface area contributed by atoms with Gasteiger partial charge in [0.25, 0.3) is 0 Å². The number of rotatable bonds is 3. The average Bonchev–Trinajstić information content (AvgIpc) is 2.88. The van der Waals surface area contributed by atoms with E-state index in [1.165, 1.54) is 10.8 Å². The van der Waals surface area contributed by atoms with E-state index in [9.17, 15) is 4.39 Å². The van der Waals surface area contributed by atoms with Gasteiger partial charge in [0.1, 0.15) is 5.82 Å². The molecule has 4 heteroatoms. The van der Waals surface area contributed by atoms with Gasteiger partial charge >= 0.3 is 0 Å². The Morgan fingerprint density at radius 1 is 1.15 bits per heavy atom. The Bertz CT molecular complexity index is 751. The molecule has 20 heavy (non-hydrogen) atoms. The third kappa shape index (κ3) is 2.22. The standard InChI is InChI=1S/C16H15FN2S/c1-10-6-7-14(17)12(8-10)16(19-18)13-9-20-15-5-3-2-4-11(13)15/h2-9,16,19H,18H2,1H3. The van der Waals surface area contributed by atoms with Crippen LogP contribution in [0.15, 0.2) is 47.8 Å². The van der Waals surface area contributed by atoms with Crippen molar-refractivity contribution in [2.75, 3.05) is 0 Å². The lowest BCUT2D eigenvalue weighted by atomic mass is 9.97. The second-order valence-electron chi connectivity index (χ2n) is 4.81. The van der Waals surface area contributed by atoms with Crippen molar-refractivity contribution in [1.82, 2.24) is 5.43 Å². The monoisotopic (exact) mass is 286 g/mol. The van der Waals surface area contributed by atoms with Crippen LogP contribution in [-0.4, -0.2) is 0 Å². The number of hydrogen-bond acceptors (Lipinski definition) is 3. The highest BCUT2D eigenvalue weighted by atomic mass is 32.1. The van der Waals surface area contributed by atoms with E-state index in [4.69, 9.17) is 5.84 Å². The number of halogens is 1. The van der Waals surface area contributed by atoms with Crippen LogP contribution in [0.25, 0.3) is 10.1 Å². The highest BCUT2D eigenvalue weighted by Gasteiger charge is 2.19. The molecule has 0 radical (unpaired) electrons. The molecule has 1 heterocycles. The molecule has 2 nitrogen and oxygen atoms in total. The number of aryl methyl sites for hydroxylation is 1. The molecule has 0 fully saturated rings. The maximum Gasteiger partial charge on any atom is 0.128 e. The third-order valence-electron chi connectivity index (χ3n) is 3.45. The SMILES string of the molecule is Cc1ccc(F)c(C(NN)c2csc3ccccc23)c1. The Morgan fingerprint density at radius 2 is 1.95 bits per heavy atom. The van der Waals surface area contributed by atoms with E-state index in [1.807, 2.05) is 36.6 Å². The van der Waals surface area contributed by atoms with Gasteiger partial charge in [0.05, 0.1) is 6.04 Å². The summed E-state index contributed by atoms with van der Waals surface area (Å²) in [4.78, 5) is 0. The summed E-state index contributed by atoms with van der Waals surface area (Å²) in [6.45, 7) is 1.95. The molecule has 1 atom stereocenters. The molecule has 2 aromatic carbocycles. The van der Waals surface area contributed by atoms with Crippen LogP contribution in [0, 0.1) is 12.7 Å². The second-order valence-corrected chi connectivity index (χ2v) is 5.72. The topological polar surface area (TPSA) is 38.0 Å². The molecular formula is C16H15FN2S. The zero-order valence-corrected chi connectivity index (χ0v) is 11.9. The normalized spacial score (nSPS) is 12.8. The van der Waals surface area contributed by atoms with Gasteiger partial charge in [0.15, 0.2) is 0 Å². The molecule has 0 aliphatic carbocycles. The maximum atomic E-state index is 14.1. The number of nitrogens with two attached hydrogens (primary N) is 1. The summed E-state index contributed by atoms with van der Waals surface area (Å²) in [6.07, 6.45) is 0. The molecule has 0 aliphatic heterocycles.